The summed E-state index contributed by atoms with van der Waals surface area (Å²) >= 11 is 0. The van der Waals surface area contributed by atoms with Crippen molar-refractivity contribution >= 4 is 23.4 Å². The van der Waals surface area contributed by atoms with Gasteiger partial charge in [0.05, 0.1) is 24.5 Å². The highest BCUT2D eigenvalue weighted by Gasteiger charge is 2.40. The number of nitrogens with one attached hydrogen (secondary N) is 1. The van der Waals surface area contributed by atoms with Crippen molar-refractivity contribution in [3.05, 3.63) is 23.8 Å². The zero-order chi connectivity index (χ0) is 18.1. The lowest BCUT2D eigenvalue weighted by molar-refractivity contribution is -0.119. The third kappa shape index (κ3) is 3.34. The quantitative estimate of drug-likeness (QED) is 0.865. The number of nitrogens with two attached hydrogens (primary N) is 1. The van der Waals surface area contributed by atoms with E-state index in [0.29, 0.717) is 18.8 Å². The number of hydrogen-bond donors (Lipinski definition) is 2. The summed E-state index contributed by atoms with van der Waals surface area (Å²) in [5, 5.41) is 3.06. The summed E-state index contributed by atoms with van der Waals surface area (Å²) < 4.78 is 4.94. The summed E-state index contributed by atoms with van der Waals surface area (Å²) in [4.78, 5) is 28.4. The molecule has 7 heteroatoms. The van der Waals surface area contributed by atoms with Crippen LogP contribution < -0.4 is 20.9 Å². The highest BCUT2D eigenvalue weighted by atomic mass is 16.5. The van der Waals surface area contributed by atoms with Gasteiger partial charge in [0.2, 0.25) is 5.91 Å². The number of carbonyl (C=O) groups is 2. The van der Waals surface area contributed by atoms with Gasteiger partial charge >= 0.3 is 6.09 Å². The van der Waals surface area contributed by atoms with Crippen LogP contribution in [0, 0.1) is 5.92 Å². The summed E-state index contributed by atoms with van der Waals surface area (Å²) in [6, 6.07) is 5.37. The topological polar surface area (TPSA) is 87.9 Å². The fourth-order valence-corrected chi connectivity index (χ4v) is 3.35. The predicted molar refractivity (Wildman–Crippen MR) is 96.7 cm³/mol. The van der Waals surface area contributed by atoms with Gasteiger partial charge in [-0.1, -0.05) is 6.07 Å². The lowest BCUT2D eigenvalue weighted by Crippen LogP contribution is -2.52. The number of methoxy groups -OCH3 is 1. The number of hydrogen-bond acceptors (Lipinski definition) is 5. The number of rotatable bonds is 4. The van der Waals surface area contributed by atoms with Crippen LogP contribution >= 0.6 is 0 Å². The normalized spacial score (nSPS) is 20.9. The number of likely N-dealkylation sites (N-methyl/N-ethyl adjacent to an activating group) is 1. The zero-order valence-electron chi connectivity index (χ0n) is 15.0. The second kappa shape index (κ2) is 7.01. The van der Waals surface area contributed by atoms with Crippen molar-refractivity contribution in [2.75, 3.05) is 37.0 Å². The third-order valence-corrected chi connectivity index (χ3v) is 4.85. The summed E-state index contributed by atoms with van der Waals surface area (Å²) in [5.41, 5.74) is 8.58. The molecule has 1 saturated carbocycles. The highest BCUT2D eigenvalue weighted by molar-refractivity contribution is 6.04. The fourth-order valence-electron chi connectivity index (χ4n) is 3.35. The Bertz CT molecular complexity index is 674. The molecule has 1 aromatic rings. The lowest BCUT2D eigenvalue weighted by atomic mass is 10.0. The van der Waals surface area contributed by atoms with E-state index in [1.54, 1.807) is 4.90 Å². The van der Waals surface area contributed by atoms with E-state index in [1.165, 1.54) is 7.11 Å². The van der Waals surface area contributed by atoms with Gasteiger partial charge in [0.25, 0.3) is 0 Å². The van der Waals surface area contributed by atoms with Crippen molar-refractivity contribution in [1.29, 1.82) is 0 Å². The van der Waals surface area contributed by atoms with Crippen LogP contribution in [0.15, 0.2) is 18.2 Å². The Kier molecular flexibility index (Phi) is 4.96. The van der Waals surface area contributed by atoms with Crippen molar-refractivity contribution in [3.63, 3.8) is 0 Å². The average molecular weight is 346 g/mol. The minimum absolute atomic E-state index is 0.111. The van der Waals surface area contributed by atoms with E-state index in [4.69, 9.17) is 10.5 Å². The number of amides is 2. The third-order valence-electron chi connectivity index (χ3n) is 4.85. The second-order valence-corrected chi connectivity index (χ2v) is 6.82. The Hall–Kier alpha value is -2.12. The van der Waals surface area contributed by atoms with Crippen LogP contribution in [0.5, 0.6) is 0 Å². The first-order valence-corrected chi connectivity index (χ1v) is 8.70. The van der Waals surface area contributed by atoms with Crippen LogP contribution in [0.4, 0.5) is 16.2 Å². The number of fused-ring (bicyclic) bond motifs is 1. The van der Waals surface area contributed by atoms with Crippen LogP contribution in [-0.4, -0.2) is 45.3 Å². The number of ether oxygens (including phenoxy) is 1. The van der Waals surface area contributed by atoms with Crippen LogP contribution in [0.1, 0.15) is 31.4 Å². The Morgan fingerprint density at radius 3 is 2.68 bits per heavy atom. The molecule has 0 saturated heterocycles. The smallest absolute Gasteiger partial charge is 0.414 e. The fraction of sp³-hybridized carbons (Fsp3) is 0.556. The standard InChI is InChI=1S/C18H26N4O3/c1-11-10-21(17(23)12-4-5-12)16-8-13(14(19)9-20-2)6-7-15(16)22(11)18(24)25-3/h6-8,11-12,14,20H,4-5,9-10,19H2,1-3H3/t11-,14?/m0/s1. The number of benzene rings is 1. The molecule has 1 heterocycles. The molecule has 1 fully saturated rings. The first kappa shape index (κ1) is 17.7. The minimum atomic E-state index is -0.417. The molecular weight excluding hydrogens is 320 g/mol. The van der Waals surface area contributed by atoms with Crippen LogP contribution in [0.2, 0.25) is 0 Å². The largest absolute Gasteiger partial charge is 0.452 e. The van der Waals surface area contributed by atoms with Crippen LogP contribution in [-0.2, 0) is 9.53 Å². The monoisotopic (exact) mass is 346 g/mol. The van der Waals surface area contributed by atoms with Gasteiger partial charge in [-0.15, -0.1) is 0 Å². The number of carbonyl (C=O) groups excluding carboxylic acids is 2. The molecule has 1 aliphatic heterocycles. The van der Waals surface area contributed by atoms with Crippen molar-refractivity contribution < 1.29 is 14.3 Å². The number of anilines is 2. The second-order valence-electron chi connectivity index (χ2n) is 6.82. The maximum absolute atomic E-state index is 12.8. The molecule has 0 bridgehead atoms. The van der Waals surface area contributed by atoms with Crippen molar-refractivity contribution in [1.82, 2.24) is 5.32 Å². The summed E-state index contributed by atoms with van der Waals surface area (Å²) in [7, 11) is 3.22. The van der Waals surface area contributed by atoms with E-state index < -0.39 is 6.09 Å². The van der Waals surface area contributed by atoms with E-state index in [-0.39, 0.29) is 23.9 Å². The average Bonchev–Trinajstić information content (AvgIpc) is 3.44. The Labute approximate surface area is 148 Å². The Morgan fingerprint density at radius 2 is 2.08 bits per heavy atom. The first-order valence-electron chi connectivity index (χ1n) is 8.70. The lowest BCUT2D eigenvalue weighted by Gasteiger charge is -2.40. The molecule has 2 atom stereocenters. The molecule has 7 nitrogen and oxygen atoms in total. The van der Waals surface area contributed by atoms with Gasteiger partial charge < -0.3 is 20.7 Å². The molecule has 0 radical (unpaired) electrons. The van der Waals surface area contributed by atoms with E-state index in [0.717, 1.165) is 24.1 Å². The van der Waals surface area contributed by atoms with Crippen molar-refractivity contribution in [3.8, 4) is 0 Å². The molecule has 3 N–H and O–H groups in total. The van der Waals surface area contributed by atoms with Gasteiger partial charge in [-0.3, -0.25) is 9.69 Å². The first-order chi connectivity index (χ1) is 12.0. The van der Waals surface area contributed by atoms with Crippen molar-refractivity contribution in [2.45, 2.75) is 31.8 Å². The van der Waals surface area contributed by atoms with Crippen LogP contribution in [0.25, 0.3) is 0 Å². The molecule has 3 rings (SSSR count). The van der Waals surface area contributed by atoms with Crippen molar-refractivity contribution in [2.24, 2.45) is 11.7 Å². The van der Waals surface area contributed by atoms with E-state index >= 15 is 0 Å². The van der Waals surface area contributed by atoms with E-state index in [1.807, 2.05) is 37.1 Å². The molecule has 0 spiro atoms. The van der Waals surface area contributed by atoms with Gasteiger partial charge in [-0.2, -0.15) is 0 Å². The summed E-state index contributed by atoms with van der Waals surface area (Å²) in [5.74, 6) is 0.247. The van der Waals surface area contributed by atoms with Gasteiger partial charge in [0.1, 0.15) is 0 Å². The predicted octanol–water partition coefficient (Wildman–Crippen LogP) is 1.62. The summed E-state index contributed by atoms with van der Waals surface area (Å²) in [6.45, 7) is 3.02. The van der Waals surface area contributed by atoms with E-state index in [9.17, 15) is 9.59 Å². The van der Waals surface area contributed by atoms with Gasteiger partial charge in [0, 0.05) is 25.0 Å². The minimum Gasteiger partial charge on any atom is -0.452 e. The van der Waals surface area contributed by atoms with Gasteiger partial charge in [-0.25, -0.2) is 4.79 Å². The molecule has 1 unspecified atom stereocenters. The molecule has 1 aromatic carbocycles. The maximum Gasteiger partial charge on any atom is 0.414 e. The zero-order valence-corrected chi connectivity index (χ0v) is 15.0. The highest BCUT2D eigenvalue weighted by Crippen LogP contribution is 2.41. The molecular formula is C18H26N4O3. The molecule has 1 aliphatic carbocycles. The Balaban J connectivity index is 2.03. The van der Waals surface area contributed by atoms with Crippen LogP contribution in [0.3, 0.4) is 0 Å². The van der Waals surface area contributed by atoms with Gasteiger partial charge in [-0.05, 0) is 44.5 Å². The molecule has 2 aliphatic rings. The molecule has 136 valence electrons. The van der Waals surface area contributed by atoms with E-state index in [2.05, 4.69) is 5.32 Å². The van der Waals surface area contributed by atoms with Gasteiger partial charge in [0.15, 0.2) is 0 Å². The molecule has 0 aromatic heterocycles. The summed E-state index contributed by atoms with van der Waals surface area (Å²) in [6.07, 6.45) is 1.47. The maximum atomic E-state index is 12.8. The molecule has 2 amide bonds. The molecule has 25 heavy (non-hydrogen) atoms. The number of nitrogens with zero attached hydrogens (tertiary/aromatic N) is 2. The Morgan fingerprint density at radius 1 is 1.36 bits per heavy atom. The SMILES string of the molecule is CNCC(N)c1ccc2c(c1)N(C(=O)C1CC1)C[C@H](C)N2C(=O)OC.